The Morgan fingerprint density at radius 3 is 0.899 bits per heavy atom. The molecule has 0 radical (unpaired) electrons. The van der Waals surface area contributed by atoms with Crippen molar-refractivity contribution in [3.05, 3.63) is 122 Å². The van der Waals surface area contributed by atoms with Crippen LogP contribution in [0.3, 0.4) is 0 Å². The highest BCUT2D eigenvalue weighted by Gasteiger charge is 2.19. The van der Waals surface area contributed by atoms with Crippen LogP contribution in [-0.2, 0) is 28.6 Å². The van der Waals surface area contributed by atoms with Crippen LogP contribution in [-0.4, -0.2) is 37.2 Å². The first-order chi connectivity index (χ1) is 34.0. The molecule has 0 aliphatic carbocycles. The maximum absolute atomic E-state index is 12.8. The van der Waals surface area contributed by atoms with E-state index in [2.05, 4.69) is 142 Å². The van der Waals surface area contributed by atoms with Crippen LogP contribution in [0.5, 0.6) is 0 Å². The monoisotopic (exact) mass is 955 g/mol. The quantitative estimate of drug-likeness (QED) is 0.0262. The van der Waals surface area contributed by atoms with Gasteiger partial charge in [-0.1, -0.05) is 206 Å². The Labute approximate surface area is 424 Å². The van der Waals surface area contributed by atoms with E-state index in [9.17, 15) is 14.4 Å². The van der Waals surface area contributed by atoms with Gasteiger partial charge in [0.15, 0.2) is 6.10 Å². The predicted molar refractivity (Wildman–Crippen MR) is 297 cm³/mol. The van der Waals surface area contributed by atoms with Gasteiger partial charge in [-0.15, -0.1) is 0 Å². The summed E-state index contributed by atoms with van der Waals surface area (Å²) in [5.41, 5.74) is 0. The Morgan fingerprint density at radius 1 is 0.304 bits per heavy atom. The van der Waals surface area contributed by atoms with Crippen LogP contribution in [0.1, 0.15) is 239 Å². The standard InChI is InChI=1S/C63H102O6/c1-4-7-10-13-16-19-22-25-28-30-31-33-35-38-41-44-47-50-53-56-62(65)68-59-60(58-67-61(64)55-52-49-46-43-40-37-34-27-24-21-18-15-12-9-6-3)69-63(66)57-54-51-48-45-42-39-36-32-29-26-23-20-17-14-11-8-5-2/h8,11,16-21,25-29,31,33-34,36,38-39,41,60H,4-7,9-10,12-15,22-24,30,32,35,37,40,42-59H2,1-3H3/b11-8-,19-16-,20-17-,21-18-,28-25-,29-26-,33-31-,34-27-,39-36-,41-38-/t60-/m0/s1. The number of carbonyl (C=O) groups is 3. The van der Waals surface area contributed by atoms with E-state index in [0.717, 1.165) is 148 Å². The summed E-state index contributed by atoms with van der Waals surface area (Å²) < 4.78 is 16.8. The first kappa shape index (κ1) is 64.8. The summed E-state index contributed by atoms with van der Waals surface area (Å²) in [4.78, 5) is 38.1. The first-order valence-electron chi connectivity index (χ1n) is 28.0. The summed E-state index contributed by atoms with van der Waals surface area (Å²) in [6.07, 6.45) is 77.5. The highest BCUT2D eigenvalue weighted by molar-refractivity contribution is 5.71. The Balaban J connectivity index is 4.54. The molecule has 0 N–H and O–H groups in total. The third-order valence-corrected chi connectivity index (χ3v) is 11.4. The second-order valence-electron chi connectivity index (χ2n) is 18.1. The minimum absolute atomic E-state index is 0.109. The lowest BCUT2D eigenvalue weighted by Crippen LogP contribution is -2.30. The molecule has 6 heteroatoms. The van der Waals surface area contributed by atoms with Gasteiger partial charge < -0.3 is 14.2 Å². The molecule has 0 saturated heterocycles. The van der Waals surface area contributed by atoms with Crippen LogP contribution in [0.2, 0.25) is 0 Å². The molecule has 0 heterocycles. The van der Waals surface area contributed by atoms with Gasteiger partial charge in [-0.25, -0.2) is 0 Å². The van der Waals surface area contributed by atoms with E-state index in [1.165, 1.54) is 51.4 Å². The normalized spacial score (nSPS) is 13.0. The summed E-state index contributed by atoms with van der Waals surface area (Å²) in [5.74, 6) is -0.981. The number of ether oxygens (including phenoxy) is 3. The molecule has 0 aromatic heterocycles. The van der Waals surface area contributed by atoms with Crippen LogP contribution >= 0.6 is 0 Å². The van der Waals surface area contributed by atoms with Gasteiger partial charge >= 0.3 is 17.9 Å². The number of hydrogen-bond acceptors (Lipinski definition) is 6. The van der Waals surface area contributed by atoms with Crippen LogP contribution in [0.25, 0.3) is 0 Å². The Kier molecular flexibility index (Phi) is 53.0. The van der Waals surface area contributed by atoms with E-state index in [4.69, 9.17) is 14.2 Å². The molecule has 0 amide bonds. The zero-order chi connectivity index (χ0) is 50.0. The molecule has 6 nitrogen and oxygen atoms in total. The topological polar surface area (TPSA) is 78.9 Å². The summed E-state index contributed by atoms with van der Waals surface area (Å²) in [5, 5.41) is 0. The number of rotatable bonds is 49. The highest BCUT2D eigenvalue weighted by atomic mass is 16.6. The molecule has 1 atom stereocenters. The summed E-state index contributed by atoms with van der Waals surface area (Å²) in [7, 11) is 0. The van der Waals surface area contributed by atoms with Crippen molar-refractivity contribution in [3.8, 4) is 0 Å². The Hall–Kier alpha value is -4.19. The van der Waals surface area contributed by atoms with Gasteiger partial charge in [-0.3, -0.25) is 14.4 Å². The maximum atomic E-state index is 12.8. The largest absolute Gasteiger partial charge is 0.462 e. The molecule has 390 valence electrons. The second kappa shape index (κ2) is 56.4. The van der Waals surface area contributed by atoms with Crippen LogP contribution in [0, 0.1) is 0 Å². The zero-order valence-electron chi connectivity index (χ0n) is 44.5. The van der Waals surface area contributed by atoms with E-state index >= 15 is 0 Å². The van der Waals surface area contributed by atoms with E-state index in [-0.39, 0.29) is 37.5 Å². The molecule has 0 aliphatic rings. The molecule has 0 aliphatic heterocycles. The molecule has 0 rings (SSSR count). The average Bonchev–Trinajstić information content (AvgIpc) is 3.35. The van der Waals surface area contributed by atoms with Crippen molar-refractivity contribution in [3.63, 3.8) is 0 Å². The smallest absolute Gasteiger partial charge is 0.306 e. The van der Waals surface area contributed by atoms with Gasteiger partial charge in [-0.2, -0.15) is 0 Å². The van der Waals surface area contributed by atoms with E-state index in [1.54, 1.807) is 0 Å². The summed E-state index contributed by atoms with van der Waals surface area (Å²) in [6, 6.07) is 0. The SMILES string of the molecule is CC/C=C\C/C=C\C/C=C\C/C=C\CCCCCCC(=O)O[C@H](COC(=O)CCCCC/C=C\C/C=C\C/C=C\C/C=C\CCCCC)COC(=O)CCCCCCC/C=C\C/C=C\CCCCC. The molecule has 0 spiro atoms. The number of allylic oxidation sites excluding steroid dienone is 20. The van der Waals surface area contributed by atoms with Crippen molar-refractivity contribution >= 4 is 17.9 Å². The van der Waals surface area contributed by atoms with Gasteiger partial charge in [0.05, 0.1) is 0 Å². The van der Waals surface area contributed by atoms with Crippen molar-refractivity contribution in [2.45, 2.75) is 245 Å². The number of unbranched alkanes of at least 4 members (excludes halogenated alkanes) is 18. The van der Waals surface area contributed by atoms with E-state index in [0.29, 0.717) is 12.8 Å². The summed E-state index contributed by atoms with van der Waals surface area (Å²) >= 11 is 0. The number of hydrogen-bond donors (Lipinski definition) is 0. The van der Waals surface area contributed by atoms with Gasteiger partial charge in [0.1, 0.15) is 13.2 Å². The maximum Gasteiger partial charge on any atom is 0.306 e. The molecule has 0 saturated carbocycles. The fraction of sp³-hybridized carbons (Fsp3) is 0.635. The third kappa shape index (κ3) is 54.6. The Morgan fingerprint density at radius 2 is 0.565 bits per heavy atom. The molecule has 0 unspecified atom stereocenters. The van der Waals surface area contributed by atoms with Gasteiger partial charge in [-0.05, 0) is 135 Å². The van der Waals surface area contributed by atoms with Crippen molar-refractivity contribution in [1.82, 2.24) is 0 Å². The van der Waals surface area contributed by atoms with Crippen LogP contribution in [0.15, 0.2) is 122 Å². The van der Waals surface area contributed by atoms with Crippen LogP contribution in [0.4, 0.5) is 0 Å². The minimum Gasteiger partial charge on any atom is -0.462 e. The van der Waals surface area contributed by atoms with Crippen molar-refractivity contribution in [1.29, 1.82) is 0 Å². The van der Waals surface area contributed by atoms with E-state index in [1.807, 2.05) is 0 Å². The lowest BCUT2D eigenvalue weighted by molar-refractivity contribution is -0.167. The lowest BCUT2D eigenvalue weighted by Gasteiger charge is -2.18. The minimum atomic E-state index is -0.814. The van der Waals surface area contributed by atoms with Gasteiger partial charge in [0, 0.05) is 19.3 Å². The molecule has 69 heavy (non-hydrogen) atoms. The first-order valence-corrected chi connectivity index (χ1v) is 28.0. The average molecular weight is 956 g/mol. The fourth-order valence-electron chi connectivity index (χ4n) is 7.21. The second-order valence-corrected chi connectivity index (χ2v) is 18.1. The van der Waals surface area contributed by atoms with E-state index < -0.39 is 6.10 Å². The molecule has 0 bridgehead atoms. The molecular formula is C63H102O6. The molecule has 0 aromatic rings. The molecular weight excluding hydrogens is 853 g/mol. The number of carbonyl (C=O) groups excluding carboxylic acids is 3. The lowest BCUT2D eigenvalue weighted by atomic mass is 10.1. The Bertz CT molecular complexity index is 1470. The molecule has 0 aromatic carbocycles. The zero-order valence-corrected chi connectivity index (χ0v) is 44.5. The third-order valence-electron chi connectivity index (χ3n) is 11.4. The number of esters is 3. The fourth-order valence-corrected chi connectivity index (χ4v) is 7.21. The van der Waals surface area contributed by atoms with Gasteiger partial charge in [0.25, 0.3) is 0 Å². The van der Waals surface area contributed by atoms with Gasteiger partial charge in [0.2, 0.25) is 0 Å². The molecule has 0 fully saturated rings. The van der Waals surface area contributed by atoms with Crippen LogP contribution < -0.4 is 0 Å². The van der Waals surface area contributed by atoms with Crippen molar-refractivity contribution in [2.75, 3.05) is 13.2 Å². The highest BCUT2D eigenvalue weighted by Crippen LogP contribution is 2.13. The summed E-state index contributed by atoms with van der Waals surface area (Å²) in [6.45, 7) is 6.40. The predicted octanol–water partition coefficient (Wildman–Crippen LogP) is 18.9. The van der Waals surface area contributed by atoms with Crippen molar-refractivity contribution < 1.29 is 28.6 Å². The van der Waals surface area contributed by atoms with Crippen molar-refractivity contribution in [2.24, 2.45) is 0 Å².